The third-order valence-electron chi connectivity index (χ3n) is 4.19. The molecular weight excluding hydrogens is 269 g/mol. The van der Waals surface area contributed by atoms with E-state index in [4.69, 9.17) is 4.74 Å². The highest BCUT2D eigenvalue weighted by atomic mass is 19.1. The molecule has 0 aromatic heterocycles. The van der Waals surface area contributed by atoms with E-state index in [2.05, 4.69) is 13.8 Å². The van der Waals surface area contributed by atoms with Gasteiger partial charge in [0.1, 0.15) is 5.82 Å². The lowest BCUT2D eigenvalue weighted by Gasteiger charge is -2.23. The Labute approximate surface area is 126 Å². The van der Waals surface area contributed by atoms with Crippen LogP contribution < -0.4 is 0 Å². The molecule has 1 atom stereocenters. The van der Waals surface area contributed by atoms with Crippen molar-refractivity contribution in [2.45, 2.75) is 33.2 Å². The summed E-state index contributed by atoms with van der Waals surface area (Å²) in [5, 5.41) is 0. The van der Waals surface area contributed by atoms with Gasteiger partial charge in [-0.15, -0.1) is 0 Å². The zero-order valence-electron chi connectivity index (χ0n) is 13.1. The fraction of sp³-hybridized carbons (Fsp3) is 0.588. The maximum atomic E-state index is 13.0. The summed E-state index contributed by atoms with van der Waals surface area (Å²) in [6.07, 6.45) is 1.77. The Bertz CT molecular complexity index is 484. The van der Waals surface area contributed by atoms with Crippen LogP contribution in [0.3, 0.4) is 0 Å². The molecule has 0 spiro atoms. The van der Waals surface area contributed by atoms with Crippen LogP contribution in [0.1, 0.15) is 32.3 Å². The number of rotatable bonds is 7. The molecule has 0 aliphatic heterocycles. The summed E-state index contributed by atoms with van der Waals surface area (Å²) in [5.74, 6) is 0.0836. The molecule has 4 heteroatoms. The normalized spacial score (nSPS) is 19.3. The first-order chi connectivity index (χ1) is 9.94. The Kier molecular flexibility index (Phi) is 4.99. The first kappa shape index (κ1) is 16.0. The maximum absolute atomic E-state index is 13.0. The lowest BCUT2D eigenvalue weighted by Crippen LogP contribution is -2.34. The zero-order valence-corrected chi connectivity index (χ0v) is 13.1. The summed E-state index contributed by atoms with van der Waals surface area (Å²) in [6, 6.07) is 6.36. The quantitative estimate of drug-likeness (QED) is 0.722. The highest BCUT2D eigenvalue weighted by Gasteiger charge is 2.51. The molecule has 0 bridgehead atoms. The van der Waals surface area contributed by atoms with E-state index in [1.807, 2.05) is 4.90 Å². The lowest BCUT2D eigenvalue weighted by atomic mass is 10.1. The molecule has 3 nitrogen and oxygen atoms in total. The minimum Gasteiger partial charge on any atom is -0.385 e. The summed E-state index contributed by atoms with van der Waals surface area (Å²) in [4.78, 5) is 14.5. The second kappa shape index (κ2) is 6.56. The highest BCUT2D eigenvalue weighted by Crippen LogP contribution is 2.52. The van der Waals surface area contributed by atoms with Gasteiger partial charge >= 0.3 is 0 Å². The summed E-state index contributed by atoms with van der Waals surface area (Å²) >= 11 is 0. The van der Waals surface area contributed by atoms with Gasteiger partial charge in [0, 0.05) is 32.7 Å². The van der Waals surface area contributed by atoms with Crippen LogP contribution in [-0.4, -0.2) is 31.1 Å². The van der Waals surface area contributed by atoms with E-state index in [0.717, 1.165) is 18.4 Å². The van der Waals surface area contributed by atoms with Gasteiger partial charge in [-0.1, -0.05) is 26.0 Å². The average molecular weight is 293 g/mol. The van der Waals surface area contributed by atoms with E-state index in [1.165, 1.54) is 12.1 Å². The van der Waals surface area contributed by atoms with Gasteiger partial charge in [0.15, 0.2) is 0 Å². The molecule has 1 aliphatic rings. The molecule has 0 heterocycles. The molecule has 1 aromatic carbocycles. The molecule has 2 rings (SSSR count). The molecule has 0 saturated heterocycles. The Morgan fingerprint density at radius 3 is 2.52 bits per heavy atom. The molecule has 1 unspecified atom stereocenters. The number of nitrogens with zero attached hydrogens (tertiary/aromatic N) is 1. The largest absolute Gasteiger partial charge is 0.385 e. The number of halogens is 1. The van der Waals surface area contributed by atoms with E-state index in [-0.39, 0.29) is 23.1 Å². The molecule has 21 heavy (non-hydrogen) atoms. The molecule has 1 aliphatic carbocycles. The van der Waals surface area contributed by atoms with Crippen molar-refractivity contribution in [3.8, 4) is 0 Å². The minimum atomic E-state index is -0.251. The molecule has 1 amide bonds. The number of carbonyl (C=O) groups is 1. The van der Waals surface area contributed by atoms with E-state index >= 15 is 0 Å². The van der Waals surface area contributed by atoms with Crippen LogP contribution in [0, 0.1) is 17.2 Å². The minimum absolute atomic E-state index is 0.124. The summed E-state index contributed by atoms with van der Waals surface area (Å²) in [5.41, 5.74) is 1.08. The summed E-state index contributed by atoms with van der Waals surface area (Å²) in [6.45, 7) is 6.11. The smallest absolute Gasteiger partial charge is 0.226 e. The van der Waals surface area contributed by atoms with Crippen molar-refractivity contribution in [3.05, 3.63) is 35.6 Å². The van der Waals surface area contributed by atoms with E-state index in [0.29, 0.717) is 19.7 Å². The number of carbonyl (C=O) groups excluding carboxylic acids is 1. The summed E-state index contributed by atoms with van der Waals surface area (Å²) in [7, 11) is 1.66. The van der Waals surface area contributed by atoms with Crippen molar-refractivity contribution in [2.24, 2.45) is 11.3 Å². The molecule has 0 radical (unpaired) electrons. The van der Waals surface area contributed by atoms with E-state index < -0.39 is 0 Å². The van der Waals surface area contributed by atoms with Gasteiger partial charge in [0.25, 0.3) is 0 Å². The number of benzene rings is 1. The average Bonchev–Trinajstić information content (AvgIpc) is 3.08. The van der Waals surface area contributed by atoms with Crippen molar-refractivity contribution in [1.82, 2.24) is 4.90 Å². The van der Waals surface area contributed by atoms with E-state index in [1.54, 1.807) is 19.2 Å². The molecule has 1 saturated carbocycles. The van der Waals surface area contributed by atoms with Gasteiger partial charge in [-0.25, -0.2) is 4.39 Å². The van der Waals surface area contributed by atoms with Gasteiger partial charge in [0.2, 0.25) is 5.91 Å². The first-order valence-electron chi connectivity index (χ1n) is 7.46. The van der Waals surface area contributed by atoms with E-state index in [9.17, 15) is 9.18 Å². The number of methoxy groups -OCH3 is 1. The van der Waals surface area contributed by atoms with Gasteiger partial charge in [-0.2, -0.15) is 0 Å². The molecular formula is C17H24FNO2. The lowest BCUT2D eigenvalue weighted by molar-refractivity contribution is -0.134. The van der Waals surface area contributed by atoms with Crippen molar-refractivity contribution >= 4 is 5.91 Å². The van der Waals surface area contributed by atoms with Crippen LogP contribution >= 0.6 is 0 Å². The van der Waals surface area contributed by atoms with Gasteiger partial charge < -0.3 is 9.64 Å². The maximum Gasteiger partial charge on any atom is 0.226 e. The topological polar surface area (TPSA) is 29.5 Å². The van der Waals surface area contributed by atoms with Crippen LogP contribution in [0.4, 0.5) is 4.39 Å². The summed E-state index contributed by atoms with van der Waals surface area (Å²) < 4.78 is 18.0. The van der Waals surface area contributed by atoms with Crippen LogP contribution in [0.15, 0.2) is 24.3 Å². The monoisotopic (exact) mass is 293 g/mol. The van der Waals surface area contributed by atoms with Crippen molar-refractivity contribution in [3.63, 3.8) is 0 Å². The van der Waals surface area contributed by atoms with Gasteiger partial charge in [-0.05, 0) is 36.0 Å². The van der Waals surface area contributed by atoms with Crippen LogP contribution in [-0.2, 0) is 16.1 Å². The van der Waals surface area contributed by atoms with Crippen LogP contribution in [0.25, 0.3) is 0 Å². The zero-order chi connectivity index (χ0) is 15.5. The van der Waals surface area contributed by atoms with Crippen molar-refractivity contribution in [2.75, 3.05) is 20.3 Å². The number of hydrogen-bond donors (Lipinski definition) is 0. The fourth-order valence-corrected chi connectivity index (χ4v) is 2.59. The highest BCUT2D eigenvalue weighted by molar-refractivity contribution is 5.82. The molecule has 0 N–H and O–H groups in total. The Hall–Kier alpha value is -1.42. The number of amides is 1. The van der Waals surface area contributed by atoms with Crippen molar-refractivity contribution < 1.29 is 13.9 Å². The SMILES string of the molecule is COCCCN(Cc1ccc(F)cc1)C(=O)C1CC1(C)C. The number of ether oxygens (including phenoxy) is 1. The number of hydrogen-bond acceptors (Lipinski definition) is 2. The first-order valence-corrected chi connectivity index (χ1v) is 7.46. The second-order valence-electron chi connectivity index (χ2n) is 6.48. The Balaban J connectivity index is 2.01. The van der Waals surface area contributed by atoms with Gasteiger partial charge in [-0.3, -0.25) is 4.79 Å². The molecule has 1 aromatic rings. The Morgan fingerprint density at radius 1 is 1.38 bits per heavy atom. The van der Waals surface area contributed by atoms with Crippen LogP contribution in [0.2, 0.25) is 0 Å². The fourth-order valence-electron chi connectivity index (χ4n) is 2.59. The van der Waals surface area contributed by atoms with Gasteiger partial charge in [0.05, 0.1) is 0 Å². The predicted octanol–water partition coefficient (Wildman–Crippen LogP) is 3.24. The molecule has 1 fully saturated rings. The van der Waals surface area contributed by atoms with Crippen LogP contribution in [0.5, 0.6) is 0 Å². The molecule has 116 valence electrons. The predicted molar refractivity (Wildman–Crippen MR) is 80.2 cm³/mol. The Morgan fingerprint density at radius 2 is 2.00 bits per heavy atom. The van der Waals surface area contributed by atoms with Crippen molar-refractivity contribution in [1.29, 1.82) is 0 Å². The third kappa shape index (κ3) is 4.27. The standard InChI is InChI=1S/C17H24FNO2/c1-17(2)11-15(17)16(20)19(9-4-10-21-3)12-13-5-7-14(18)8-6-13/h5-8,15H,4,9-12H2,1-3H3. The second-order valence-corrected chi connectivity index (χ2v) is 6.48. The third-order valence-corrected chi connectivity index (χ3v) is 4.19.